The molecule has 10 rings (SSSR count). The van der Waals surface area contributed by atoms with Gasteiger partial charge in [0.2, 0.25) is 0 Å². The lowest BCUT2D eigenvalue weighted by atomic mass is 9.93. The molecule has 0 unspecified atom stereocenters. The molecule has 264 valence electrons. The number of para-hydroxylation sites is 2. The van der Waals surface area contributed by atoms with Gasteiger partial charge >= 0.3 is 0 Å². The predicted octanol–water partition coefficient (Wildman–Crippen LogP) is 14.9. The summed E-state index contributed by atoms with van der Waals surface area (Å²) in [5, 5.41) is 2.50. The summed E-state index contributed by atoms with van der Waals surface area (Å²) in [6, 6.07) is 82.9. The van der Waals surface area contributed by atoms with E-state index in [4.69, 9.17) is 0 Å². The number of fused-ring (bicyclic) bond motifs is 3. The van der Waals surface area contributed by atoms with Gasteiger partial charge in [-0.3, -0.25) is 0 Å². The minimum Gasteiger partial charge on any atom is -0.311 e. The topological polar surface area (TPSA) is 8.17 Å². The van der Waals surface area contributed by atoms with Gasteiger partial charge in [-0.05, 0) is 111 Å². The first-order valence-electron chi connectivity index (χ1n) is 19.2. The van der Waals surface area contributed by atoms with E-state index < -0.39 is 0 Å². The van der Waals surface area contributed by atoms with Crippen LogP contribution in [0.25, 0.3) is 72.0 Å². The van der Waals surface area contributed by atoms with Crippen LogP contribution in [0.5, 0.6) is 0 Å². The highest BCUT2D eigenvalue weighted by molar-refractivity contribution is 6.10. The lowest BCUT2D eigenvalue weighted by Gasteiger charge is -2.26. The zero-order chi connectivity index (χ0) is 37.3. The molecular formula is C54H38N2. The van der Waals surface area contributed by atoms with Crippen LogP contribution in [0.2, 0.25) is 0 Å². The number of rotatable bonds is 8. The lowest BCUT2D eigenvalue weighted by Crippen LogP contribution is -2.09. The second-order valence-electron chi connectivity index (χ2n) is 14.2. The van der Waals surface area contributed by atoms with Gasteiger partial charge in [0.15, 0.2) is 0 Å². The SMILES string of the molecule is c1ccc(-c2ccc(N(c3ccc(-c4ccccc4)cc3)c3ccc(-c4ccccc4-c4ccc5c(c4)c4ccccc4n5-c4ccccc4)cc3)cc2)cc1. The van der Waals surface area contributed by atoms with Gasteiger partial charge in [0, 0.05) is 33.5 Å². The Morgan fingerprint density at radius 3 is 1.21 bits per heavy atom. The van der Waals surface area contributed by atoms with Crippen molar-refractivity contribution < 1.29 is 0 Å². The van der Waals surface area contributed by atoms with Crippen molar-refractivity contribution in [2.24, 2.45) is 0 Å². The minimum atomic E-state index is 1.10. The fourth-order valence-electron chi connectivity index (χ4n) is 8.09. The number of hydrogen-bond acceptors (Lipinski definition) is 1. The maximum Gasteiger partial charge on any atom is 0.0541 e. The molecule has 2 heteroatoms. The fourth-order valence-corrected chi connectivity index (χ4v) is 8.09. The molecule has 9 aromatic carbocycles. The summed E-state index contributed by atoms with van der Waals surface area (Å²) in [7, 11) is 0. The Bertz CT molecular complexity index is 2830. The van der Waals surface area contributed by atoms with Gasteiger partial charge in [0.1, 0.15) is 0 Å². The van der Waals surface area contributed by atoms with Gasteiger partial charge in [0.05, 0.1) is 11.0 Å². The van der Waals surface area contributed by atoms with Crippen molar-refractivity contribution in [1.82, 2.24) is 4.57 Å². The minimum absolute atomic E-state index is 1.10. The van der Waals surface area contributed by atoms with Gasteiger partial charge in [-0.15, -0.1) is 0 Å². The summed E-state index contributed by atoms with van der Waals surface area (Å²) in [6.45, 7) is 0. The van der Waals surface area contributed by atoms with Crippen molar-refractivity contribution in [1.29, 1.82) is 0 Å². The van der Waals surface area contributed by atoms with Crippen LogP contribution in [0, 0.1) is 0 Å². The third-order valence-corrected chi connectivity index (χ3v) is 10.8. The van der Waals surface area contributed by atoms with E-state index in [1.807, 2.05) is 0 Å². The standard InChI is InChI=1S/C54H38N2/c1-4-14-39(15-5-1)41-24-31-46(32-25-41)55(47-33-26-42(27-34-47)40-16-6-2-7-17-40)48-35-28-43(29-36-48)49-20-10-11-21-50(49)44-30-37-54-52(38-44)51-22-12-13-23-53(51)56(54)45-18-8-3-9-19-45/h1-38H. The highest BCUT2D eigenvalue weighted by Crippen LogP contribution is 2.41. The van der Waals surface area contributed by atoms with Crippen LogP contribution in [0.4, 0.5) is 17.1 Å². The van der Waals surface area contributed by atoms with E-state index in [0.29, 0.717) is 0 Å². The molecule has 0 aliphatic rings. The Morgan fingerprint density at radius 2 is 0.661 bits per heavy atom. The maximum absolute atomic E-state index is 2.37. The summed E-state index contributed by atoms with van der Waals surface area (Å²) < 4.78 is 2.37. The quantitative estimate of drug-likeness (QED) is 0.152. The first-order chi connectivity index (χ1) is 27.8. The van der Waals surface area contributed by atoms with Crippen LogP contribution >= 0.6 is 0 Å². The van der Waals surface area contributed by atoms with Crippen LogP contribution in [0.3, 0.4) is 0 Å². The number of nitrogens with zero attached hydrogens (tertiary/aromatic N) is 2. The highest BCUT2D eigenvalue weighted by atomic mass is 15.1. The van der Waals surface area contributed by atoms with Gasteiger partial charge in [-0.1, -0.05) is 164 Å². The van der Waals surface area contributed by atoms with E-state index in [1.54, 1.807) is 0 Å². The third kappa shape index (κ3) is 6.14. The largest absolute Gasteiger partial charge is 0.311 e. The van der Waals surface area contributed by atoms with Gasteiger partial charge in [-0.25, -0.2) is 0 Å². The van der Waals surface area contributed by atoms with Crippen molar-refractivity contribution in [3.05, 3.63) is 231 Å². The lowest BCUT2D eigenvalue weighted by molar-refractivity contribution is 1.18. The fraction of sp³-hybridized carbons (Fsp3) is 0. The summed E-state index contributed by atoms with van der Waals surface area (Å²) in [6.07, 6.45) is 0. The Kier molecular flexibility index (Phi) is 8.55. The van der Waals surface area contributed by atoms with Crippen LogP contribution in [-0.4, -0.2) is 4.57 Å². The summed E-state index contributed by atoms with van der Waals surface area (Å²) >= 11 is 0. The third-order valence-electron chi connectivity index (χ3n) is 10.8. The molecule has 0 atom stereocenters. The van der Waals surface area contributed by atoms with Crippen molar-refractivity contribution in [3.63, 3.8) is 0 Å². The number of aromatic nitrogens is 1. The van der Waals surface area contributed by atoms with E-state index in [1.165, 1.54) is 72.0 Å². The Morgan fingerprint density at radius 1 is 0.268 bits per heavy atom. The normalized spacial score (nSPS) is 11.2. The average Bonchev–Trinajstić information content (AvgIpc) is 3.62. The average molecular weight is 715 g/mol. The molecule has 0 N–H and O–H groups in total. The first-order valence-corrected chi connectivity index (χ1v) is 19.2. The van der Waals surface area contributed by atoms with Crippen molar-refractivity contribution >= 4 is 38.9 Å². The second kappa shape index (κ2) is 14.4. The number of hydrogen-bond donors (Lipinski definition) is 0. The Hall–Kier alpha value is -7.42. The van der Waals surface area contributed by atoms with Gasteiger partial charge in [0.25, 0.3) is 0 Å². The summed E-state index contributed by atoms with van der Waals surface area (Å²) in [4.78, 5) is 2.34. The molecule has 0 fully saturated rings. The van der Waals surface area contributed by atoms with Crippen molar-refractivity contribution in [3.8, 4) is 50.2 Å². The molecule has 10 aromatic rings. The van der Waals surface area contributed by atoms with Crippen molar-refractivity contribution in [2.75, 3.05) is 4.90 Å². The molecule has 0 aliphatic carbocycles. The molecule has 0 bridgehead atoms. The van der Waals surface area contributed by atoms with E-state index in [-0.39, 0.29) is 0 Å². The molecule has 0 amide bonds. The number of anilines is 3. The first kappa shape index (κ1) is 33.2. The molecular weight excluding hydrogens is 677 g/mol. The molecule has 1 heterocycles. The van der Waals surface area contributed by atoms with Gasteiger partial charge in [-0.2, -0.15) is 0 Å². The number of benzene rings is 9. The molecule has 0 spiro atoms. The molecule has 0 radical (unpaired) electrons. The molecule has 2 nitrogen and oxygen atoms in total. The predicted molar refractivity (Wildman–Crippen MR) is 237 cm³/mol. The smallest absolute Gasteiger partial charge is 0.0541 e. The molecule has 1 aromatic heterocycles. The molecule has 56 heavy (non-hydrogen) atoms. The molecule has 0 saturated heterocycles. The van der Waals surface area contributed by atoms with Crippen LogP contribution in [-0.2, 0) is 0 Å². The Labute approximate surface area is 327 Å². The van der Waals surface area contributed by atoms with Crippen molar-refractivity contribution in [2.45, 2.75) is 0 Å². The van der Waals surface area contributed by atoms with Gasteiger partial charge < -0.3 is 9.47 Å². The van der Waals surface area contributed by atoms with E-state index in [2.05, 4.69) is 240 Å². The second-order valence-corrected chi connectivity index (χ2v) is 14.2. The molecule has 0 saturated carbocycles. The van der Waals surface area contributed by atoms with E-state index in [9.17, 15) is 0 Å². The monoisotopic (exact) mass is 714 g/mol. The molecule has 0 aliphatic heterocycles. The zero-order valence-corrected chi connectivity index (χ0v) is 30.8. The zero-order valence-electron chi connectivity index (χ0n) is 30.8. The Balaban J connectivity index is 1.03. The van der Waals surface area contributed by atoms with E-state index >= 15 is 0 Å². The van der Waals surface area contributed by atoms with Crippen LogP contribution in [0.1, 0.15) is 0 Å². The summed E-state index contributed by atoms with van der Waals surface area (Å²) in [5.74, 6) is 0. The summed E-state index contributed by atoms with van der Waals surface area (Å²) in [5.41, 5.74) is 16.5. The van der Waals surface area contributed by atoms with E-state index in [0.717, 1.165) is 17.1 Å². The maximum atomic E-state index is 2.37. The highest BCUT2D eigenvalue weighted by Gasteiger charge is 2.17. The van der Waals surface area contributed by atoms with Crippen LogP contribution < -0.4 is 4.90 Å². The van der Waals surface area contributed by atoms with Crippen LogP contribution in [0.15, 0.2) is 231 Å².